The van der Waals surface area contributed by atoms with Gasteiger partial charge in [0.2, 0.25) is 0 Å². The summed E-state index contributed by atoms with van der Waals surface area (Å²) in [6, 6.07) is 13.7. The molecule has 2 aromatic carbocycles. The molecule has 2 aromatic heterocycles. The number of nitrogens with one attached hydrogen (secondary N) is 3. The first-order valence-electron chi connectivity index (χ1n) is 14.1. The van der Waals surface area contributed by atoms with E-state index in [-0.39, 0.29) is 22.7 Å². The molecule has 0 aliphatic carbocycles. The minimum atomic E-state index is -1.38. The second-order valence-corrected chi connectivity index (χ2v) is 13.6. The smallest absolute Gasteiger partial charge is 0.268 e. The third-order valence-corrected chi connectivity index (χ3v) is 9.14. The lowest BCUT2D eigenvalue weighted by atomic mass is 9.78. The molecule has 0 radical (unpaired) electrons. The van der Waals surface area contributed by atoms with Crippen molar-refractivity contribution in [2.24, 2.45) is 5.41 Å². The first-order valence-corrected chi connectivity index (χ1v) is 14.1. The monoisotopic (exact) mass is 558 g/mol. The number of carbonyl (C=O) groups is 1. The second-order valence-electron chi connectivity index (χ2n) is 13.6. The van der Waals surface area contributed by atoms with Gasteiger partial charge in [-0.25, -0.2) is 9.37 Å². The van der Waals surface area contributed by atoms with Gasteiger partial charge in [-0.05, 0) is 56.9 Å². The normalized spacial score (nSPS) is 25.1. The van der Waals surface area contributed by atoms with Crippen molar-refractivity contribution in [3.8, 4) is 0 Å². The predicted octanol–water partition coefficient (Wildman–Crippen LogP) is 5.25. The number of hydrogen-bond donors (Lipinski definition) is 4. The molecule has 216 valence electrons. The maximum absolute atomic E-state index is 14.3. The van der Waals surface area contributed by atoms with E-state index in [9.17, 15) is 14.3 Å². The van der Waals surface area contributed by atoms with Gasteiger partial charge in [-0.2, -0.15) is 0 Å². The van der Waals surface area contributed by atoms with Crippen molar-refractivity contribution in [2.75, 3.05) is 13.1 Å². The number of fused-ring (bicyclic) bond motifs is 4. The molecule has 0 saturated carbocycles. The van der Waals surface area contributed by atoms with Crippen LogP contribution in [-0.4, -0.2) is 71.7 Å². The van der Waals surface area contributed by atoms with Gasteiger partial charge in [-0.15, -0.1) is 0 Å². The second kappa shape index (κ2) is 8.90. The first-order chi connectivity index (χ1) is 19.1. The summed E-state index contributed by atoms with van der Waals surface area (Å²) in [7, 11) is 0. The summed E-state index contributed by atoms with van der Waals surface area (Å²) in [6.07, 6.45) is 0.821. The highest BCUT2D eigenvalue weighted by Crippen LogP contribution is 2.53. The third-order valence-electron chi connectivity index (χ3n) is 9.14. The van der Waals surface area contributed by atoms with E-state index < -0.39 is 23.0 Å². The Kier molecular flexibility index (Phi) is 5.97. The number of aromatic nitrogens is 3. The van der Waals surface area contributed by atoms with E-state index in [2.05, 4.69) is 45.5 Å². The topological polar surface area (TPSA) is 100 Å². The van der Waals surface area contributed by atoms with Crippen molar-refractivity contribution < 1.29 is 14.3 Å². The average Bonchev–Trinajstić information content (AvgIpc) is 3.64. The molecule has 1 amide bonds. The Morgan fingerprint density at radius 3 is 2.46 bits per heavy atom. The maximum Gasteiger partial charge on any atom is 0.268 e. The van der Waals surface area contributed by atoms with Gasteiger partial charge in [-0.1, -0.05) is 51.6 Å². The highest BCUT2D eigenvalue weighted by molar-refractivity contribution is 5.98. The van der Waals surface area contributed by atoms with Gasteiger partial charge >= 0.3 is 0 Å². The van der Waals surface area contributed by atoms with Crippen LogP contribution in [0, 0.1) is 11.2 Å². The number of H-pyrrole nitrogens is 2. The van der Waals surface area contributed by atoms with Crippen LogP contribution < -0.4 is 5.32 Å². The number of likely N-dealkylation sites (tertiary alicyclic amines) is 2. The quantitative estimate of drug-likeness (QED) is 0.259. The standard InChI is InChI=1S/C32H39FN6O2/c1-19(26-35-22-13-8-9-14-23(22)36-26)38-17-31(6)16-30(38,5)18-39(31)32(7,41)28(29(2,3)4)37-27(40)24-15-20-11-10-12-21(33)25(20)34-24/h8-15,28,34,41H,1,16-18H2,2-7H3,(H,35,36)(H,37,40)/t28-,30-,31-,32?/m0/s1. The molecule has 4 heterocycles. The zero-order chi connectivity index (χ0) is 29.5. The summed E-state index contributed by atoms with van der Waals surface area (Å²) in [5, 5.41) is 16.0. The first kappa shape index (κ1) is 27.5. The van der Waals surface area contributed by atoms with Crippen LogP contribution in [0.2, 0.25) is 0 Å². The van der Waals surface area contributed by atoms with Crippen molar-refractivity contribution in [3.63, 3.8) is 0 Å². The number of imidazole rings is 1. The Morgan fingerprint density at radius 2 is 1.83 bits per heavy atom. The fourth-order valence-electron chi connectivity index (χ4n) is 7.48. The van der Waals surface area contributed by atoms with Crippen LogP contribution in [0.15, 0.2) is 55.1 Å². The molecule has 4 atom stereocenters. The molecule has 9 heteroatoms. The number of hydrogen-bond acceptors (Lipinski definition) is 5. The fraction of sp³-hybridized carbons (Fsp3) is 0.438. The molecule has 41 heavy (non-hydrogen) atoms. The zero-order valence-electron chi connectivity index (χ0n) is 24.6. The van der Waals surface area contributed by atoms with Crippen molar-refractivity contribution in [1.82, 2.24) is 30.1 Å². The largest absolute Gasteiger partial charge is 0.374 e. The van der Waals surface area contributed by atoms with E-state index in [1.54, 1.807) is 25.1 Å². The molecular formula is C32H39FN6O2. The van der Waals surface area contributed by atoms with E-state index in [0.29, 0.717) is 24.0 Å². The summed E-state index contributed by atoms with van der Waals surface area (Å²) in [5.74, 6) is -0.0538. The molecule has 2 saturated heterocycles. The van der Waals surface area contributed by atoms with Crippen molar-refractivity contribution >= 4 is 33.5 Å². The Labute approximate surface area is 239 Å². The summed E-state index contributed by atoms with van der Waals surface area (Å²) < 4.78 is 14.3. The van der Waals surface area contributed by atoms with Crippen LogP contribution in [0.3, 0.4) is 0 Å². The lowest BCUT2D eigenvalue weighted by Crippen LogP contribution is -2.71. The van der Waals surface area contributed by atoms with E-state index in [0.717, 1.165) is 29.0 Å². The van der Waals surface area contributed by atoms with Crippen molar-refractivity contribution in [2.45, 2.75) is 70.8 Å². The van der Waals surface area contributed by atoms with E-state index >= 15 is 0 Å². The van der Waals surface area contributed by atoms with Crippen LogP contribution in [0.1, 0.15) is 64.3 Å². The Bertz CT molecular complexity index is 1650. The maximum atomic E-state index is 14.3. The molecule has 0 spiro atoms. The van der Waals surface area contributed by atoms with Crippen LogP contribution in [-0.2, 0) is 0 Å². The minimum absolute atomic E-state index is 0.254. The van der Waals surface area contributed by atoms with Gasteiger partial charge in [-0.3, -0.25) is 9.69 Å². The van der Waals surface area contributed by atoms with E-state index in [1.807, 2.05) is 45.0 Å². The number of amides is 1. The summed E-state index contributed by atoms with van der Waals surface area (Å²) in [5.41, 5.74) is 0.687. The van der Waals surface area contributed by atoms with Crippen LogP contribution in [0.4, 0.5) is 4.39 Å². The number of nitrogens with zero attached hydrogens (tertiary/aromatic N) is 3. The molecule has 1 unspecified atom stereocenters. The minimum Gasteiger partial charge on any atom is -0.374 e. The van der Waals surface area contributed by atoms with Crippen molar-refractivity contribution in [1.29, 1.82) is 0 Å². The van der Waals surface area contributed by atoms with Gasteiger partial charge in [0, 0.05) is 24.0 Å². The van der Waals surface area contributed by atoms with Crippen LogP contribution in [0.25, 0.3) is 27.6 Å². The highest BCUT2D eigenvalue weighted by Gasteiger charge is 2.64. The number of aliphatic hydroxyl groups is 1. The lowest BCUT2D eigenvalue weighted by Gasteiger charge is -2.54. The zero-order valence-corrected chi connectivity index (χ0v) is 24.6. The average molecular weight is 559 g/mol. The lowest BCUT2D eigenvalue weighted by molar-refractivity contribution is -0.175. The SMILES string of the molecule is C=C(c1nc2ccccc2[nH]1)N1C[C@]2(C)C[C@@]1(C)CN2C(C)(O)[C@@H](NC(=O)c1cc2cccc(F)c2[nH]1)C(C)(C)C. The summed E-state index contributed by atoms with van der Waals surface area (Å²) in [4.78, 5) is 29.0. The van der Waals surface area contributed by atoms with Gasteiger partial charge < -0.3 is 25.3 Å². The van der Waals surface area contributed by atoms with Gasteiger partial charge in [0.25, 0.3) is 5.91 Å². The molecule has 2 aliphatic rings. The van der Waals surface area contributed by atoms with Gasteiger partial charge in [0.05, 0.1) is 33.8 Å². The molecule has 2 bridgehead atoms. The van der Waals surface area contributed by atoms with Gasteiger partial charge in [0.1, 0.15) is 17.2 Å². The van der Waals surface area contributed by atoms with Crippen molar-refractivity contribution in [3.05, 3.63) is 72.4 Å². The molecule has 2 aliphatic heterocycles. The molecular weight excluding hydrogens is 519 g/mol. The van der Waals surface area contributed by atoms with Crippen LogP contribution in [0.5, 0.6) is 0 Å². The molecule has 6 rings (SSSR count). The molecule has 4 aromatic rings. The number of para-hydroxylation sites is 3. The van der Waals surface area contributed by atoms with Gasteiger partial charge in [0.15, 0.2) is 5.82 Å². The summed E-state index contributed by atoms with van der Waals surface area (Å²) >= 11 is 0. The number of aromatic amines is 2. The number of piperazine rings is 1. The Balaban J connectivity index is 1.26. The summed E-state index contributed by atoms with van der Waals surface area (Å²) in [6.45, 7) is 17.8. The molecule has 8 nitrogen and oxygen atoms in total. The third kappa shape index (κ3) is 4.33. The fourth-order valence-corrected chi connectivity index (χ4v) is 7.48. The number of rotatable bonds is 6. The number of halogens is 1. The Morgan fingerprint density at radius 1 is 1.10 bits per heavy atom. The highest BCUT2D eigenvalue weighted by atomic mass is 19.1. The molecule has 2 fully saturated rings. The van der Waals surface area contributed by atoms with E-state index in [4.69, 9.17) is 4.98 Å². The number of carbonyl (C=O) groups excluding carboxylic acids is 1. The van der Waals surface area contributed by atoms with Crippen LogP contribution >= 0.6 is 0 Å². The van der Waals surface area contributed by atoms with E-state index in [1.165, 1.54) is 6.07 Å². The molecule has 4 N–H and O–H groups in total. The predicted molar refractivity (Wildman–Crippen MR) is 160 cm³/mol. The Hall–Kier alpha value is -3.69. The number of benzene rings is 2.